The minimum atomic E-state index is 0. The maximum absolute atomic E-state index is 9.08. The van der Waals surface area contributed by atoms with Gasteiger partial charge >= 0.3 is 24.4 Å². The first kappa shape index (κ1) is 30.9. The number of unbranched alkanes of at least 4 members (excludes halogenated alkanes) is 7. The van der Waals surface area contributed by atoms with Crippen molar-refractivity contribution in [1.82, 2.24) is 0 Å². The third-order valence-corrected chi connectivity index (χ3v) is 3.45. The van der Waals surface area contributed by atoms with E-state index in [4.69, 9.17) is 15.6 Å². The summed E-state index contributed by atoms with van der Waals surface area (Å²) in [5.74, 6) is 0.0824. The average Bonchev–Trinajstić information content (AvgIpc) is 2.46. The average molecular weight is 543 g/mol. The zero-order valence-corrected chi connectivity index (χ0v) is 18.0. The Labute approximate surface area is 161 Å². The van der Waals surface area contributed by atoms with E-state index >= 15 is 0 Å². The van der Waals surface area contributed by atoms with Crippen LogP contribution >= 0.6 is 24.8 Å². The number of halogens is 2. The molecule has 0 radical (unpaired) electrons. The van der Waals surface area contributed by atoms with Gasteiger partial charge < -0.3 is 15.6 Å². The van der Waals surface area contributed by atoms with Gasteiger partial charge in [0.25, 0.3) is 0 Å². The van der Waals surface area contributed by atoms with Gasteiger partial charge in [-0.25, -0.2) is 0 Å². The molecule has 5 N–H and O–H groups in total. The number of aliphatic hydroxyl groups excluding tert-OH is 1. The third kappa shape index (κ3) is 23.4. The summed E-state index contributed by atoms with van der Waals surface area (Å²) in [4.78, 5) is 0. The molecule has 0 saturated carbocycles. The van der Waals surface area contributed by atoms with Crippen LogP contribution in [0.25, 0.3) is 0 Å². The van der Waals surface area contributed by atoms with Crippen LogP contribution in [0.3, 0.4) is 0 Å². The zero-order valence-electron chi connectivity index (χ0n) is 14.1. The zero-order chi connectivity index (χ0) is 15.6. The van der Waals surface area contributed by atoms with Crippen molar-refractivity contribution in [2.24, 2.45) is 15.9 Å². The Hall–Kier alpha value is 1.11. The molecule has 7 heteroatoms. The molecule has 0 fully saturated rings. The topological polar surface area (TPSA) is 81.5 Å². The predicted octanol–water partition coefficient (Wildman–Crippen LogP) is 3.35. The van der Waals surface area contributed by atoms with E-state index < -0.39 is 0 Å². The molecule has 2 atom stereocenters. The summed E-state index contributed by atoms with van der Waals surface area (Å²) >= 11 is 1.64. The molecule has 0 amide bonds. The first-order valence-corrected chi connectivity index (χ1v) is 9.16. The Morgan fingerprint density at radius 3 is 1.82 bits per heavy atom. The first-order chi connectivity index (χ1) is 9.72. The van der Waals surface area contributed by atoms with Gasteiger partial charge in [-0.15, -0.1) is 24.8 Å². The van der Waals surface area contributed by atoms with Gasteiger partial charge in [-0.3, -0.25) is 0 Å². The molecule has 0 aliphatic heterocycles. The normalized spacial score (nSPS) is 12.3. The molecule has 0 aliphatic carbocycles. The number of aliphatic hydroxyl groups is 1. The van der Waals surface area contributed by atoms with Crippen molar-refractivity contribution in [1.29, 1.82) is 0 Å². The molecular formula is C15H37Cl2N2O2Pt. The van der Waals surface area contributed by atoms with Gasteiger partial charge in [0.05, 0.1) is 6.61 Å². The van der Waals surface area contributed by atoms with Crippen molar-refractivity contribution in [3.8, 4) is 0 Å². The van der Waals surface area contributed by atoms with Crippen LogP contribution in [-0.2, 0) is 24.8 Å². The second-order valence-corrected chi connectivity index (χ2v) is 5.35. The summed E-state index contributed by atoms with van der Waals surface area (Å²) in [5, 5.41) is 9.08. The molecule has 0 aromatic rings. The van der Waals surface area contributed by atoms with Gasteiger partial charge in [0, 0.05) is 25.2 Å². The quantitative estimate of drug-likeness (QED) is 0.312. The molecule has 0 heterocycles. The molecule has 0 aromatic heterocycles. The number of hydrogen-bond donors (Lipinski definition) is 3. The minimum absolute atomic E-state index is 0. The van der Waals surface area contributed by atoms with E-state index in [0.29, 0.717) is 6.61 Å². The van der Waals surface area contributed by atoms with Crippen LogP contribution in [0.1, 0.15) is 65.2 Å². The summed E-state index contributed by atoms with van der Waals surface area (Å²) in [6, 6.07) is 0.00793. The Balaban J connectivity index is -0.000000387. The van der Waals surface area contributed by atoms with Crippen LogP contribution < -0.4 is 10.0 Å². The Morgan fingerprint density at radius 1 is 0.955 bits per heavy atom. The van der Waals surface area contributed by atoms with E-state index in [9.17, 15) is 0 Å². The number of rotatable bonds is 13. The summed E-state index contributed by atoms with van der Waals surface area (Å²) < 4.78 is 10.0. The van der Waals surface area contributed by atoms with Gasteiger partial charge in [0.1, 0.15) is 0 Å². The molecule has 2 unspecified atom stereocenters. The van der Waals surface area contributed by atoms with Crippen molar-refractivity contribution < 1.29 is 29.9 Å². The van der Waals surface area contributed by atoms with Crippen molar-refractivity contribution in [3.63, 3.8) is 0 Å². The molecule has 0 aromatic carbocycles. The summed E-state index contributed by atoms with van der Waals surface area (Å²) in [7, 11) is 0. The van der Waals surface area contributed by atoms with E-state index in [1.54, 1.807) is 20.1 Å². The van der Waals surface area contributed by atoms with E-state index in [0.717, 1.165) is 13.0 Å². The fourth-order valence-electron chi connectivity index (χ4n) is 1.94. The van der Waals surface area contributed by atoms with Crippen LogP contribution in [0, 0.1) is 5.92 Å². The van der Waals surface area contributed by atoms with Gasteiger partial charge in [0.2, 0.25) is 0 Å². The Kier molecular flexibility index (Phi) is 37.9. The molecule has 0 saturated heterocycles. The molecule has 0 rings (SSSR count). The van der Waals surface area contributed by atoms with Crippen LogP contribution in [0.2, 0.25) is 0 Å². The van der Waals surface area contributed by atoms with Gasteiger partial charge in [-0.05, 0) is 13.3 Å². The standard InChI is InChI=1S/C15H33NO2.2ClH.H2N.Pt/c1-3-4-5-6-7-8-9-10-11-18-13-15(12-17)14(2)16;;;;/h14-15,17H,3-13,16H2,1-2H3;2*1H;1H2;/q;;;-1;+1. The summed E-state index contributed by atoms with van der Waals surface area (Å²) in [6.07, 6.45) is 10.5. The molecule has 143 valence electrons. The van der Waals surface area contributed by atoms with Crippen LogP contribution in [0.5, 0.6) is 0 Å². The summed E-state index contributed by atoms with van der Waals surface area (Å²) in [5.41, 5.74) is 5.73. The van der Waals surface area contributed by atoms with Crippen molar-refractivity contribution >= 4 is 24.8 Å². The second-order valence-electron chi connectivity index (χ2n) is 5.35. The van der Waals surface area contributed by atoms with E-state index in [-0.39, 0.29) is 43.4 Å². The molecule has 0 bridgehead atoms. The number of ether oxygens (including phenoxy) is 1. The molecule has 22 heavy (non-hydrogen) atoms. The second kappa shape index (κ2) is 27.0. The monoisotopic (exact) mass is 542 g/mol. The van der Waals surface area contributed by atoms with Crippen LogP contribution in [0.4, 0.5) is 0 Å². The first-order valence-electron chi connectivity index (χ1n) is 7.84. The Bertz CT molecular complexity index is 182. The van der Waals surface area contributed by atoms with Crippen molar-refractivity contribution in [2.75, 3.05) is 19.8 Å². The molecule has 4 nitrogen and oxygen atoms in total. The maximum atomic E-state index is 9.08. The molecule has 0 spiro atoms. The fourth-order valence-corrected chi connectivity index (χ4v) is 1.94. The van der Waals surface area contributed by atoms with Crippen LogP contribution in [0.15, 0.2) is 0 Å². The molecule has 0 aliphatic rings. The fraction of sp³-hybridized carbons (Fsp3) is 1.00. The number of nitrogens with two attached hydrogens (primary N) is 2. The van der Waals surface area contributed by atoms with Crippen molar-refractivity contribution in [2.45, 2.75) is 71.3 Å². The van der Waals surface area contributed by atoms with Gasteiger partial charge in [-0.2, -0.15) is 0 Å². The SMILES string of the molecule is CCCCCCCCCCOCC(CO)C(C)N.Cl.Cl.[NH2][Pt]. The third-order valence-electron chi connectivity index (χ3n) is 3.45. The number of hydrogen-bond acceptors (Lipinski definition) is 4. The van der Waals surface area contributed by atoms with Gasteiger partial charge in [-0.1, -0.05) is 51.9 Å². The molecular weight excluding hydrogens is 506 g/mol. The van der Waals surface area contributed by atoms with Crippen molar-refractivity contribution in [3.05, 3.63) is 0 Å². The predicted molar refractivity (Wildman–Crippen MR) is 96.3 cm³/mol. The Morgan fingerprint density at radius 2 is 1.41 bits per heavy atom. The van der Waals surface area contributed by atoms with E-state index in [1.165, 1.54) is 44.9 Å². The van der Waals surface area contributed by atoms with Gasteiger partial charge in [0.15, 0.2) is 0 Å². The van der Waals surface area contributed by atoms with E-state index in [2.05, 4.69) is 11.2 Å². The summed E-state index contributed by atoms with van der Waals surface area (Å²) in [6.45, 7) is 5.68. The van der Waals surface area contributed by atoms with E-state index in [1.807, 2.05) is 6.92 Å². The van der Waals surface area contributed by atoms with Crippen LogP contribution in [-0.4, -0.2) is 31.0 Å².